The molecule has 1 aromatic carbocycles. The summed E-state index contributed by atoms with van der Waals surface area (Å²) in [5.41, 5.74) is 1.22. The minimum atomic E-state index is 0.148. The van der Waals surface area contributed by atoms with Gasteiger partial charge in [0.1, 0.15) is 5.75 Å². The van der Waals surface area contributed by atoms with Crippen LogP contribution >= 0.6 is 0 Å². The number of methoxy groups -OCH3 is 1. The Morgan fingerprint density at radius 2 is 1.96 bits per heavy atom. The van der Waals surface area contributed by atoms with Crippen molar-refractivity contribution in [2.24, 2.45) is 4.99 Å². The van der Waals surface area contributed by atoms with E-state index >= 15 is 0 Å². The molecule has 132 valence electrons. The fourth-order valence-electron chi connectivity index (χ4n) is 2.78. The number of piperazine rings is 1. The lowest BCUT2D eigenvalue weighted by Gasteiger charge is -2.36. The molecule has 0 aromatic heterocycles. The number of ether oxygens (including phenoxy) is 1. The van der Waals surface area contributed by atoms with Crippen LogP contribution in [0.2, 0.25) is 0 Å². The topological polar surface area (TPSA) is 57.2 Å². The summed E-state index contributed by atoms with van der Waals surface area (Å²) in [4.78, 5) is 20.3. The second-order valence-electron chi connectivity index (χ2n) is 5.83. The number of nitrogens with zero attached hydrogens (tertiary/aromatic N) is 3. The molecule has 1 aliphatic heterocycles. The van der Waals surface area contributed by atoms with Crippen molar-refractivity contribution in [1.82, 2.24) is 15.1 Å². The summed E-state index contributed by atoms with van der Waals surface area (Å²) in [6.07, 6.45) is 0.875. The molecule has 1 aromatic rings. The summed E-state index contributed by atoms with van der Waals surface area (Å²) in [5.74, 6) is 1.96. The monoisotopic (exact) mass is 332 g/mol. The van der Waals surface area contributed by atoms with Crippen LogP contribution in [0.15, 0.2) is 29.3 Å². The smallest absolute Gasteiger partial charge is 0.219 e. The SMILES string of the molecule is CCNC(=NCCc1cccc(OC)c1)N1CCN(C(C)=O)CC1. The Labute approximate surface area is 144 Å². The zero-order valence-electron chi connectivity index (χ0n) is 14.9. The maximum Gasteiger partial charge on any atom is 0.219 e. The molecule has 0 spiro atoms. The number of hydrogen-bond acceptors (Lipinski definition) is 3. The lowest BCUT2D eigenvalue weighted by Crippen LogP contribution is -2.53. The van der Waals surface area contributed by atoms with Gasteiger partial charge in [-0.25, -0.2) is 0 Å². The highest BCUT2D eigenvalue weighted by atomic mass is 16.5. The van der Waals surface area contributed by atoms with Gasteiger partial charge in [0.2, 0.25) is 5.91 Å². The molecule has 0 saturated carbocycles. The van der Waals surface area contributed by atoms with E-state index in [-0.39, 0.29) is 5.91 Å². The van der Waals surface area contributed by atoms with Gasteiger partial charge >= 0.3 is 0 Å². The molecule has 6 nitrogen and oxygen atoms in total. The van der Waals surface area contributed by atoms with Gasteiger partial charge in [0.15, 0.2) is 5.96 Å². The normalized spacial score (nSPS) is 15.4. The van der Waals surface area contributed by atoms with Gasteiger partial charge in [0, 0.05) is 46.2 Å². The van der Waals surface area contributed by atoms with Gasteiger partial charge in [-0.3, -0.25) is 9.79 Å². The number of nitrogens with one attached hydrogen (secondary N) is 1. The molecule has 6 heteroatoms. The molecule has 1 heterocycles. The van der Waals surface area contributed by atoms with Crippen LogP contribution in [0.5, 0.6) is 5.75 Å². The average Bonchev–Trinajstić information content (AvgIpc) is 2.61. The lowest BCUT2D eigenvalue weighted by molar-refractivity contribution is -0.130. The molecule has 24 heavy (non-hydrogen) atoms. The fourth-order valence-corrected chi connectivity index (χ4v) is 2.78. The first-order valence-corrected chi connectivity index (χ1v) is 8.55. The second kappa shape index (κ2) is 9.15. The van der Waals surface area contributed by atoms with E-state index < -0.39 is 0 Å². The molecule has 0 bridgehead atoms. The van der Waals surface area contributed by atoms with E-state index in [2.05, 4.69) is 23.2 Å². The van der Waals surface area contributed by atoms with Crippen molar-refractivity contribution in [1.29, 1.82) is 0 Å². The predicted molar refractivity (Wildman–Crippen MR) is 96.5 cm³/mol. The van der Waals surface area contributed by atoms with Crippen LogP contribution in [0.1, 0.15) is 19.4 Å². The van der Waals surface area contributed by atoms with E-state index in [1.165, 1.54) is 5.56 Å². The number of hydrogen-bond donors (Lipinski definition) is 1. The van der Waals surface area contributed by atoms with E-state index in [9.17, 15) is 4.79 Å². The van der Waals surface area contributed by atoms with Crippen molar-refractivity contribution in [3.8, 4) is 5.75 Å². The first kappa shape index (κ1) is 18.1. The fraction of sp³-hybridized carbons (Fsp3) is 0.556. The van der Waals surface area contributed by atoms with E-state index in [0.29, 0.717) is 0 Å². The molecule has 0 aliphatic carbocycles. The van der Waals surface area contributed by atoms with Gasteiger partial charge in [-0.1, -0.05) is 12.1 Å². The predicted octanol–water partition coefficient (Wildman–Crippen LogP) is 1.37. The number of guanidine groups is 1. The number of benzene rings is 1. The van der Waals surface area contributed by atoms with Gasteiger partial charge in [-0.05, 0) is 31.0 Å². The molecule has 1 fully saturated rings. The van der Waals surface area contributed by atoms with Gasteiger partial charge in [-0.2, -0.15) is 0 Å². The highest BCUT2D eigenvalue weighted by Gasteiger charge is 2.20. The molecule has 0 radical (unpaired) electrons. The van der Waals surface area contributed by atoms with Crippen LogP contribution in [-0.4, -0.2) is 68.0 Å². The highest BCUT2D eigenvalue weighted by Crippen LogP contribution is 2.13. The van der Waals surface area contributed by atoms with Crippen molar-refractivity contribution >= 4 is 11.9 Å². The Morgan fingerprint density at radius 1 is 1.25 bits per heavy atom. The van der Waals surface area contributed by atoms with Crippen LogP contribution in [0.25, 0.3) is 0 Å². The van der Waals surface area contributed by atoms with Crippen molar-refractivity contribution in [3.63, 3.8) is 0 Å². The summed E-state index contributed by atoms with van der Waals surface area (Å²) in [7, 11) is 1.68. The first-order chi connectivity index (χ1) is 11.6. The standard InChI is InChI=1S/C18H28N4O2/c1-4-19-18(22-12-10-21(11-13-22)15(2)23)20-9-8-16-6-5-7-17(14-16)24-3/h5-7,14H,4,8-13H2,1-3H3,(H,19,20). The number of carbonyl (C=O) groups excluding carboxylic acids is 1. The highest BCUT2D eigenvalue weighted by molar-refractivity contribution is 5.80. The summed E-state index contributed by atoms with van der Waals surface area (Å²) in [6.45, 7) is 8.43. The largest absolute Gasteiger partial charge is 0.497 e. The number of carbonyl (C=O) groups is 1. The minimum Gasteiger partial charge on any atom is -0.497 e. The van der Waals surface area contributed by atoms with Crippen molar-refractivity contribution in [2.75, 3.05) is 46.4 Å². The minimum absolute atomic E-state index is 0.148. The molecular weight excluding hydrogens is 304 g/mol. The first-order valence-electron chi connectivity index (χ1n) is 8.55. The van der Waals surface area contributed by atoms with Gasteiger partial charge in [0.05, 0.1) is 7.11 Å². The lowest BCUT2D eigenvalue weighted by atomic mass is 10.1. The third kappa shape index (κ3) is 5.15. The van der Waals surface area contributed by atoms with Crippen LogP contribution in [0, 0.1) is 0 Å². The van der Waals surface area contributed by atoms with Crippen LogP contribution in [0.3, 0.4) is 0 Å². The molecule has 1 aliphatic rings. The Bertz CT molecular complexity index is 566. The second-order valence-corrected chi connectivity index (χ2v) is 5.83. The number of rotatable bonds is 5. The third-order valence-corrected chi connectivity index (χ3v) is 4.16. The Balaban J connectivity index is 1.92. The summed E-state index contributed by atoms with van der Waals surface area (Å²) in [5, 5.41) is 3.35. The Morgan fingerprint density at radius 3 is 2.58 bits per heavy atom. The van der Waals surface area contributed by atoms with Crippen molar-refractivity contribution < 1.29 is 9.53 Å². The number of aliphatic imine (C=N–C) groups is 1. The molecule has 1 N–H and O–H groups in total. The number of amides is 1. The molecular formula is C18H28N4O2. The summed E-state index contributed by atoms with van der Waals surface area (Å²) in [6, 6.07) is 8.10. The van der Waals surface area contributed by atoms with Gasteiger partial charge in [0.25, 0.3) is 0 Å². The van der Waals surface area contributed by atoms with E-state index in [1.54, 1.807) is 14.0 Å². The maximum atomic E-state index is 11.4. The zero-order chi connectivity index (χ0) is 17.4. The zero-order valence-corrected chi connectivity index (χ0v) is 14.9. The third-order valence-electron chi connectivity index (χ3n) is 4.16. The molecule has 0 unspecified atom stereocenters. The molecule has 2 rings (SSSR count). The van der Waals surface area contributed by atoms with Crippen molar-refractivity contribution in [2.45, 2.75) is 20.3 Å². The van der Waals surface area contributed by atoms with E-state index in [0.717, 1.165) is 57.4 Å². The molecule has 1 amide bonds. The average molecular weight is 332 g/mol. The summed E-state index contributed by atoms with van der Waals surface area (Å²) < 4.78 is 5.26. The van der Waals surface area contributed by atoms with Crippen LogP contribution in [0.4, 0.5) is 0 Å². The maximum absolute atomic E-state index is 11.4. The molecule has 1 saturated heterocycles. The Kier molecular flexibility index (Phi) is 6.90. The van der Waals surface area contributed by atoms with E-state index in [1.807, 2.05) is 23.1 Å². The van der Waals surface area contributed by atoms with E-state index in [4.69, 9.17) is 9.73 Å². The summed E-state index contributed by atoms with van der Waals surface area (Å²) >= 11 is 0. The Hall–Kier alpha value is -2.24. The quantitative estimate of drug-likeness (QED) is 0.653. The molecule has 0 atom stereocenters. The van der Waals surface area contributed by atoms with Crippen molar-refractivity contribution in [3.05, 3.63) is 29.8 Å². The van der Waals surface area contributed by atoms with Gasteiger partial charge in [-0.15, -0.1) is 0 Å². The van der Waals surface area contributed by atoms with Gasteiger partial charge < -0.3 is 19.9 Å². The van der Waals surface area contributed by atoms with Crippen LogP contribution in [-0.2, 0) is 11.2 Å². The van der Waals surface area contributed by atoms with Crippen LogP contribution < -0.4 is 10.1 Å².